The molecule has 0 aromatic heterocycles. The van der Waals surface area contributed by atoms with Crippen LogP contribution in [0.1, 0.15) is 27.0 Å². The van der Waals surface area contributed by atoms with Gasteiger partial charge in [-0.1, -0.05) is 12.1 Å². The second-order valence-corrected chi connectivity index (χ2v) is 7.35. The van der Waals surface area contributed by atoms with E-state index in [1.54, 1.807) is 43.3 Å². The largest absolute Gasteiger partial charge is 0.351 e. The molecule has 2 aromatic rings. The first kappa shape index (κ1) is 18.6. The van der Waals surface area contributed by atoms with Crippen LogP contribution in [-0.4, -0.2) is 27.4 Å². The van der Waals surface area contributed by atoms with Gasteiger partial charge in [0.1, 0.15) is 0 Å². The van der Waals surface area contributed by atoms with Crippen LogP contribution < -0.4 is 10.0 Å². The first-order valence-corrected chi connectivity index (χ1v) is 9.17. The number of nitrogens with zero attached hydrogens (tertiary/aromatic N) is 1. The van der Waals surface area contributed by atoms with E-state index in [1.807, 2.05) is 19.1 Å². The number of benzene rings is 2. The second-order valence-electron chi connectivity index (χ2n) is 5.61. The van der Waals surface area contributed by atoms with Gasteiger partial charge in [0.05, 0.1) is 16.5 Å². The van der Waals surface area contributed by atoms with Gasteiger partial charge >= 0.3 is 0 Å². The molecule has 0 aliphatic rings. The van der Waals surface area contributed by atoms with Crippen LogP contribution in [-0.2, 0) is 10.0 Å². The Morgan fingerprint density at radius 2 is 1.76 bits per heavy atom. The van der Waals surface area contributed by atoms with E-state index in [0.29, 0.717) is 16.7 Å². The lowest BCUT2D eigenvalue weighted by Gasteiger charge is -2.11. The van der Waals surface area contributed by atoms with E-state index in [9.17, 15) is 13.2 Å². The summed E-state index contributed by atoms with van der Waals surface area (Å²) in [6.07, 6.45) is 0. The zero-order valence-electron chi connectivity index (χ0n) is 14.0. The number of sulfonamides is 1. The molecule has 0 saturated carbocycles. The molecular formula is C18H19N3O3S. The van der Waals surface area contributed by atoms with E-state index in [2.05, 4.69) is 10.0 Å². The number of carbonyl (C=O) groups is 1. The lowest BCUT2D eigenvalue weighted by Crippen LogP contribution is -2.35. The Hall–Kier alpha value is -2.69. The Morgan fingerprint density at radius 1 is 1.08 bits per heavy atom. The average Bonchev–Trinajstić information content (AvgIpc) is 2.60. The van der Waals surface area contributed by atoms with Crippen molar-refractivity contribution in [1.82, 2.24) is 10.0 Å². The summed E-state index contributed by atoms with van der Waals surface area (Å²) in [7, 11) is -3.62. The molecule has 0 fully saturated rings. The molecule has 7 heteroatoms. The molecule has 2 aromatic carbocycles. The summed E-state index contributed by atoms with van der Waals surface area (Å²) in [5, 5.41) is 11.4. The molecule has 6 nitrogen and oxygen atoms in total. The number of nitrogens with one attached hydrogen (secondary N) is 2. The lowest BCUT2D eigenvalue weighted by molar-refractivity contribution is 0.0954. The highest BCUT2D eigenvalue weighted by molar-refractivity contribution is 7.89. The first-order chi connectivity index (χ1) is 11.8. The predicted octanol–water partition coefficient (Wildman–Crippen LogP) is 1.88. The Balaban J connectivity index is 1.90. The van der Waals surface area contributed by atoms with Crippen LogP contribution in [0.25, 0.3) is 0 Å². The summed E-state index contributed by atoms with van der Waals surface area (Å²) in [4.78, 5) is 12.2. The van der Waals surface area contributed by atoms with E-state index in [4.69, 9.17) is 5.26 Å². The van der Waals surface area contributed by atoms with Crippen molar-refractivity contribution in [3.63, 3.8) is 0 Å². The Labute approximate surface area is 147 Å². The summed E-state index contributed by atoms with van der Waals surface area (Å²) in [5.74, 6) is -0.324. The lowest BCUT2D eigenvalue weighted by atomic mass is 10.1. The van der Waals surface area contributed by atoms with Crippen molar-refractivity contribution >= 4 is 15.9 Å². The van der Waals surface area contributed by atoms with Gasteiger partial charge in [-0.15, -0.1) is 0 Å². The van der Waals surface area contributed by atoms with Crippen molar-refractivity contribution in [2.45, 2.75) is 18.7 Å². The minimum absolute atomic E-state index is 0.0811. The third kappa shape index (κ3) is 4.89. The smallest absolute Gasteiger partial charge is 0.251 e. The van der Waals surface area contributed by atoms with E-state index in [1.165, 1.54) is 0 Å². The van der Waals surface area contributed by atoms with Gasteiger partial charge < -0.3 is 5.32 Å². The van der Waals surface area contributed by atoms with E-state index >= 15 is 0 Å². The molecule has 0 heterocycles. The zero-order chi connectivity index (χ0) is 18.4. The van der Waals surface area contributed by atoms with Gasteiger partial charge in [0, 0.05) is 18.7 Å². The minimum atomic E-state index is -3.62. The number of amides is 1. The van der Waals surface area contributed by atoms with Gasteiger partial charge in [-0.05, 0) is 55.3 Å². The maximum atomic E-state index is 12.3. The van der Waals surface area contributed by atoms with Gasteiger partial charge in [0.15, 0.2) is 0 Å². The van der Waals surface area contributed by atoms with E-state index in [0.717, 1.165) is 5.56 Å². The molecule has 1 amide bonds. The van der Waals surface area contributed by atoms with Gasteiger partial charge in [-0.25, -0.2) is 13.1 Å². The van der Waals surface area contributed by atoms with Crippen LogP contribution in [0.15, 0.2) is 47.4 Å². The summed E-state index contributed by atoms with van der Waals surface area (Å²) in [6, 6.07) is 13.4. The van der Waals surface area contributed by atoms with Crippen molar-refractivity contribution in [1.29, 1.82) is 5.26 Å². The fourth-order valence-corrected chi connectivity index (χ4v) is 3.59. The second kappa shape index (κ2) is 7.92. The molecule has 0 spiro atoms. The molecule has 0 atom stereocenters. The SMILES string of the molecule is Cc1ccc(C)c(S(=O)(=O)NCCNC(=O)c2ccc(C#N)cc2)c1. The fraction of sp³-hybridized carbons (Fsp3) is 0.222. The quantitative estimate of drug-likeness (QED) is 0.771. The van der Waals surface area contributed by atoms with Gasteiger partial charge in [0.2, 0.25) is 10.0 Å². The van der Waals surface area contributed by atoms with Crippen LogP contribution in [0.5, 0.6) is 0 Å². The van der Waals surface area contributed by atoms with Crippen molar-refractivity contribution in [2.75, 3.05) is 13.1 Å². The third-order valence-corrected chi connectivity index (χ3v) is 5.22. The Morgan fingerprint density at radius 3 is 2.40 bits per heavy atom. The van der Waals surface area contributed by atoms with Crippen molar-refractivity contribution < 1.29 is 13.2 Å². The highest BCUT2D eigenvalue weighted by Gasteiger charge is 2.16. The highest BCUT2D eigenvalue weighted by Crippen LogP contribution is 2.16. The topological polar surface area (TPSA) is 99.1 Å². The van der Waals surface area contributed by atoms with Gasteiger partial charge in [-0.2, -0.15) is 5.26 Å². The molecule has 2 N–H and O–H groups in total. The maximum Gasteiger partial charge on any atom is 0.251 e. The molecule has 130 valence electrons. The summed E-state index contributed by atoms with van der Waals surface area (Å²) >= 11 is 0. The van der Waals surface area contributed by atoms with Crippen LogP contribution >= 0.6 is 0 Å². The number of hydrogen-bond acceptors (Lipinski definition) is 4. The summed E-state index contributed by atoms with van der Waals surface area (Å²) in [5.41, 5.74) is 2.41. The first-order valence-electron chi connectivity index (χ1n) is 7.69. The molecule has 0 saturated heterocycles. The summed E-state index contributed by atoms with van der Waals surface area (Å²) in [6.45, 7) is 3.80. The maximum absolute atomic E-state index is 12.3. The highest BCUT2D eigenvalue weighted by atomic mass is 32.2. The average molecular weight is 357 g/mol. The molecule has 0 aliphatic heterocycles. The summed E-state index contributed by atoms with van der Waals surface area (Å²) < 4.78 is 27.2. The zero-order valence-corrected chi connectivity index (χ0v) is 14.9. The number of rotatable bonds is 6. The number of carbonyl (C=O) groups excluding carboxylic acids is 1. The fourth-order valence-electron chi connectivity index (χ4n) is 2.23. The van der Waals surface area contributed by atoms with Crippen molar-refractivity contribution in [2.24, 2.45) is 0 Å². The minimum Gasteiger partial charge on any atom is -0.351 e. The van der Waals surface area contributed by atoms with Gasteiger partial charge in [-0.3, -0.25) is 4.79 Å². The van der Waals surface area contributed by atoms with Gasteiger partial charge in [0.25, 0.3) is 5.91 Å². The molecule has 25 heavy (non-hydrogen) atoms. The normalized spacial score (nSPS) is 10.9. The molecule has 0 bridgehead atoms. The number of hydrogen-bond donors (Lipinski definition) is 2. The van der Waals surface area contributed by atoms with Crippen LogP contribution in [0.4, 0.5) is 0 Å². The van der Waals surface area contributed by atoms with Crippen LogP contribution in [0.2, 0.25) is 0 Å². The molecular weight excluding hydrogens is 338 g/mol. The monoisotopic (exact) mass is 357 g/mol. The molecule has 0 aliphatic carbocycles. The molecule has 2 rings (SSSR count). The third-order valence-electron chi connectivity index (χ3n) is 3.61. The molecule has 0 radical (unpaired) electrons. The Bertz CT molecular complexity index is 914. The standard InChI is InChI=1S/C18H19N3O3S/c1-13-3-4-14(2)17(11-13)25(23,24)21-10-9-20-18(22)16-7-5-15(12-19)6-8-16/h3-8,11,21H,9-10H2,1-2H3,(H,20,22). The molecule has 0 unspecified atom stereocenters. The van der Waals surface area contributed by atoms with Crippen molar-refractivity contribution in [3.05, 3.63) is 64.7 Å². The predicted molar refractivity (Wildman–Crippen MR) is 94.6 cm³/mol. The number of nitriles is 1. The van der Waals surface area contributed by atoms with E-state index in [-0.39, 0.29) is 23.9 Å². The van der Waals surface area contributed by atoms with Crippen LogP contribution in [0, 0.1) is 25.2 Å². The van der Waals surface area contributed by atoms with Crippen LogP contribution in [0.3, 0.4) is 0 Å². The Kier molecular flexibility index (Phi) is 5.91. The van der Waals surface area contributed by atoms with E-state index < -0.39 is 10.0 Å². The number of aryl methyl sites for hydroxylation is 2. The van der Waals surface area contributed by atoms with Crippen molar-refractivity contribution in [3.8, 4) is 6.07 Å².